The predicted octanol–water partition coefficient (Wildman–Crippen LogP) is 1.44. The third-order valence-electron chi connectivity index (χ3n) is 4.44. The number of nitrogens with one attached hydrogen (secondary N) is 1. The van der Waals surface area contributed by atoms with E-state index in [4.69, 9.17) is 0 Å². The molecule has 0 aromatic heterocycles. The Kier molecular flexibility index (Phi) is 3.29. The molecule has 2 N–H and O–H groups in total. The molecular formula is C16H17N5O3. The molecule has 2 atom stereocenters. The van der Waals surface area contributed by atoms with E-state index in [1.54, 1.807) is 28.2 Å². The molecule has 0 spiro atoms. The van der Waals surface area contributed by atoms with Crippen LogP contribution in [0.4, 0.5) is 17.1 Å². The minimum Gasteiger partial charge on any atom is -0.370 e. The number of hydrogen-bond donors (Lipinski definition) is 2. The van der Waals surface area contributed by atoms with Crippen molar-refractivity contribution in [1.82, 2.24) is 5.53 Å². The summed E-state index contributed by atoms with van der Waals surface area (Å²) in [5.41, 5.74) is 6.25. The van der Waals surface area contributed by atoms with Crippen LogP contribution in [0, 0.1) is 17.0 Å². The largest absolute Gasteiger partial charge is 0.370 e. The number of hydrazine groups is 3. The Morgan fingerprint density at radius 2 is 1.79 bits per heavy atom. The average molecular weight is 327 g/mol. The van der Waals surface area contributed by atoms with Gasteiger partial charge in [-0.2, -0.15) is 0 Å². The summed E-state index contributed by atoms with van der Waals surface area (Å²) in [5, 5.41) is 26.2. The number of fused-ring (bicyclic) bond motifs is 3. The highest BCUT2D eigenvalue weighted by atomic mass is 16.7. The first-order valence-corrected chi connectivity index (χ1v) is 7.66. The van der Waals surface area contributed by atoms with Crippen molar-refractivity contribution in [2.24, 2.45) is 0 Å². The predicted molar refractivity (Wildman–Crippen MR) is 89.8 cm³/mol. The second-order valence-corrected chi connectivity index (χ2v) is 5.97. The zero-order valence-corrected chi connectivity index (χ0v) is 13.0. The van der Waals surface area contributed by atoms with Crippen LogP contribution in [0.1, 0.15) is 5.56 Å². The molecule has 8 heteroatoms. The van der Waals surface area contributed by atoms with Crippen LogP contribution in [0.5, 0.6) is 0 Å². The van der Waals surface area contributed by atoms with Crippen molar-refractivity contribution >= 4 is 17.1 Å². The number of aryl methyl sites for hydroxylation is 1. The van der Waals surface area contributed by atoms with Gasteiger partial charge in [0.05, 0.1) is 11.4 Å². The van der Waals surface area contributed by atoms with Crippen LogP contribution in [0.15, 0.2) is 48.5 Å². The highest BCUT2D eigenvalue weighted by Crippen LogP contribution is 2.38. The Hall–Kier alpha value is -2.84. The fraction of sp³-hybridized carbons (Fsp3) is 0.250. The van der Waals surface area contributed by atoms with E-state index >= 15 is 0 Å². The van der Waals surface area contributed by atoms with E-state index in [1.165, 1.54) is 0 Å². The lowest BCUT2D eigenvalue weighted by molar-refractivity contribution is -0.495. The van der Waals surface area contributed by atoms with Crippen molar-refractivity contribution in [3.63, 3.8) is 0 Å². The van der Waals surface area contributed by atoms with E-state index in [9.17, 15) is 15.2 Å². The van der Waals surface area contributed by atoms with Crippen molar-refractivity contribution in [1.29, 1.82) is 0 Å². The fourth-order valence-corrected chi connectivity index (χ4v) is 3.20. The smallest absolute Gasteiger partial charge is 0.166 e. The summed E-state index contributed by atoms with van der Waals surface area (Å²) < 4.78 is 0. The zero-order chi connectivity index (χ0) is 16.8. The van der Waals surface area contributed by atoms with Gasteiger partial charge in [0.15, 0.2) is 11.3 Å². The number of aliphatic hydroxyl groups excluding tert-OH is 1. The number of nitrogens with zero attached hydrogens (tertiary/aromatic N) is 4. The molecule has 0 bridgehead atoms. The van der Waals surface area contributed by atoms with Crippen LogP contribution < -0.4 is 20.6 Å². The summed E-state index contributed by atoms with van der Waals surface area (Å²) in [4.78, 5) is 11.4. The average Bonchev–Trinajstić information content (AvgIpc) is 2.92. The molecule has 2 aromatic rings. The van der Waals surface area contributed by atoms with Gasteiger partial charge >= 0.3 is 0 Å². The minimum absolute atomic E-state index is 0.0839. The van der Waals surface area contributed by atoms with E-state index in [1.807, 2.05) is 37.3 Å². The molecule has 1 saturated heterocycles. The summed E-state index contributed by atoms with van der Waals surface area (Å²) in [7, 11) is 0. The number of nitro groups is 1. The first-order valence-electron chi connectivity index (χ1n) is 7.66. The molecule has 0 aliphatic carbocycles. The molecule has 124 valence electrons. The van der Waals surface area contributed by atoms with Gasteiger partial charge in [0.25, 0.3) is 0 Å². The minimum atomic E-state index is -0.913. The maximum absolute atomic E-state index is 11.4. The molecule has 0 saturated carbocycles. The molecule has 0 amide bonds. The summed E-state index contributed by atoms with van der Waals surface area (Å²) in [6.45, 7) is 2.08. The fourth-order valence-electron chi connectivity index (χ4n) is 3.20. The topological polar surface area (TPSA) is 85.1 Å². The van der Waals surface area contributed by atoms with Crippen LogP contribution in [-0.2, 0) is 0 Å². The van der Waals surface area contributed by atoms with Crippen molar-refractivity contribution in [3.8, 4) is 0 Å². The number of aliphatic hydroxyl groups is 1. The van der Waals surface area contributed by atoms with Gasteiger partial charge in [-0.1, -0.05) is 34.8 Å². The molecule has 0 radical (unpaired) electrons. The molecule has 2 aliphatic rings. The molecule has 2 aromatic carbocycles. The van der Waals surface area contributed by atoms with E-state index in [0.717, 1.165) is 16.3 Å². The van der Waals surface area contributed by atoms with Gasteiger partial charge in [-0.05, 0) is 31.2 Å². The highest BCUT2D eigenvalue weighted by molar-refractivity contribution is 5.74. The summed E-state index contributed by atoms with van der Waals surface area (Å²) in [6, 6.07) is 14.3. The second-order valence-electron chi connectivity index (χ2n) is 5.97. The number of rotatable bonds is 2. The Morgan fingerprint density at radius 3 is 2.46 bits per heavy atom. The molecule has 24 heavy (non-hydrogen) atoms. The Balaban J connectivity index is 1.72. The third kappa shape index (κ3) is 2.15. The summed E-state index contributed by atoms with van der Waals surface area (Å²) in [5.74, 6) is 0. The maximum atomic E-state index is 11.4. The second kappa shape index (κ2) is 5.36. The van der Waals surface area contributed by atoms with Gasteiger partial charge in [-0.3, -0.25) is 10.0 Å². The van der Waals surface area contributed by atoms with Crippen LogP contribution in [0.2, 0.25) is 0 Å². The third-order valence-corrected chi connectivity index (χ3v) is 4.44. The van der Waals surface area contributed by atoms with E-state index in [-0.39, 0.29) is 6.54 Å². The normalized spacial score (nSPS) is 22.3. The molecule has 4 rings (SSSR count). The first-order chi connectivity index (χ1) is 11.6. The van der Waals surface area contributed by atoms with Crippen LogP contribution in [0.25, 0.3) is 0 Å². The molecule has 8 nitrogen and oxygen atoms in total. The van der Waals surface area contributed by atoms with Crippen molar-refractivity contribution in [3.05, 3.63) is 64.2 Å². The van der Waals surface area contributed by atoms with Crippen LogP contribution >= 0.6 is 0 Å². The van der Waals surface area contributed by atoms with E-state index in [2.05, 4.69) is 5.53 Å². The Bertz CT molecular complexity index is 782. The summed E-state index contributed by atoms with van der Waals surface area (Å²) in [6.07, 6.45) is -0.913. The van der Waals surface area contributed by atoms with Gasteiger partial charge < -0.3 is 5.11 Å². The number of anilines is 3. The number of benzene rings is 2. The van der Waals surface area contributed by atoms with Gasteiger partial charge in [0.1, 0.15) is 18.3 Å². The standard InChI is InChI=1S/C16H17N5O3/c1-11-6-8-12(9-7-11)19-16(22)15-10-18(21(23)24)13-4-2-3-5-14(13)20(15)17-19/h2-9,15-17,22H,10H2,1H3. The lowest BCUT2D eigenvalue weighted by atomic mass is 10.1. The maximum Gasteiger partial charge on any atom is 0.166 e. The molecule has 1 fully saturated rings. The highest BCUT2D eigenvalue weighted by Gasteiger charge is 2.47. The summed E-state index contributed by atoms with van der Waals surface area (Å²) >= 11 is 0. The SMILES string of the molecule is Cc1ccc(N2NN3c4ccccc4N([N+](=O)[O-])CC3C2O)cc1. The molecule has 2 unspecified atom stereocenters. The molecule has 2 heterocycles. The zero-order valence-electron chi connectivity index (χ0n) is 13.0. The molecule has 2 aliphatic heterocycles. The number of hydrogen-bond acceptors (Lipinski definition) is 6. The van der Waals surface area contributed by atoms with Gasteiger partial charge in [-0.15, -0.1) is 5.53 Å². The first kappa shape index (κ1) is 14.7. The Morgan fingerprint density at radius 1 is 1.12 bits per heavy atom. The molecular weight excluding hydrogens is 310 g/mol. The van der Waals surface area contributed by atoms with Crippen LogP contribution in [-0.4, -0.2) is 29.0 Å². The number of para-hydroxylation sites is 2. The quantitative estimate of drug-likeness (QED) is 0.638. The van der Waals surface area contributed by atoms with Gasteiger partial charge in [-0.25, -0.2) is 10.1 Å². The van der Waals surface area contributed by atoms with Gasteiger partial charge in [0.2, 0.25) is 0 Å². The van der Waals surface area contributed by atoms with Crippen LogP contribution in [0.3, 0.4) is 0 Å². The Labute approximate surface area is 138 Å². The van der Waals surface area contributed by atoms with Crippen molar-refractivity contribution in [2.75, 3.05) is 21.6 Å². The lowest BCUT2D eigenvalue weighted by Crippen LogP contribution is -2.53. The van der Waals surface area contributed by atoms with Crippen molar-refractivity contribution < 1.29 is 10.1 Å². The van der Waals surface area contributed by atoms with E-state index < -0.39 is 17.3 Å². The lowest BCUT2D eigenvalue weighted by Gasteiger charge is -2.34. The van der Waals surface area contributed by atoms with Gasteiger partial charge in [0, 0.05) is 0 Å². The van der Waals surface area contributed by atoms with Crippen molar-refractivity contribution in [2.45, 2.75) is 19.2 Å². The monoisotopic (exact) mass is 327 g/mol. The van der Waals surface area contributed by atoms with E-state index in [0.29, 0.717) is 11.4 Å².